The average Bonchev–Trinajstić information content (AvgIpc) is 3.01. The number of anilines is 1. The predicted octanol–water partition coefficient (Wildman–Crippen LogP) is 5.29. The van der Waals surface area contributed by atoms with Crippen LogP contribution in [0.25, 0.3) is 0 Å². The summed E-state index contributed by atoms with van der Waals surface area (Å²) < 4.78 is 47.8. The number of methoxy groups -OCH3 is 1. The van der Waals surface area contributed by atoms with Gasteiger partial charge in [-0.2, -0.15) is 0 Å². The molecule has 1 fully saturated rings. The van der Waals surface area contributed by atoms with E-state index in [4.69, 9.17) is 4.74 Å². The zero-order chi connectivity index (χ0) is 30.1. The van der Waals surface area contributed by atoms with Crippen molar-refractivity contribution in [3.8, 4) is 5.75 Å². The lowest BCUT2D eigenvalue weighted by molar-refractivity contribution is -0.140. The van der Waals surface area contributed by atoms with Crippen LogP contribution in [0.15, 0.2) is 83.8 Å². The van der Waals surface area contributed by atoms with Crippen LogP contribution in [0.5, 0.6) is 5.75 Å². The summed E-state index contributed by atoms with van der Waals surface area (Å²) in [5.41, 5.74) is 0.862. The van der Waals surface area contributed by atoms with Crippen LogP contribution >= 0.6 is 0 Å². The minimum Gasteiger partial charge on any atom is -0.497 e. The van der Waals surface area contributed by atoms with Gasteiger partial charge in [0.05, 0.1) is 17.7 Å². The van der Waals surface area contributed by atoms with Crippen molar-refractivity contribution in [2.45, 2.75) is 69.0 Å². The molecule has 0 unspecified atom stereocenters. The van der Waals surface area contributed by atoms with Crippen LogP contribution in [-0.4, -0.2) is 50.9 Å². The Labute approximate surface area is 247 Å². The molecule has 1 aliphatic carbocycles. The third-order valence-corrected chi connectivity index (χ3v) is 9.34. The van der Waals surface area contributed by atoms with Gasteiger partial charge >= 0.3 is 0 Å². The standard InChI is InChI=1S/C32H38FN3O5S/c1-3-30(32(38)34-26-12-6-4-7-13-26)35(22-24-11-10-14-28(21-24)41-2)31(37)23-36(27-19-17-25(33)18-20-27)42(39,40)29-15-8-5-9-16-29/h5,8-11,14-21,26,30H,3-4,6-7,12-13,22-23H2,1-2H3,(H,34,38)/t30-/m1/s1. The molecule has 42 heavy (non-hydrogen) atoms. The van der Waals surface area contributed by atoms with Gasteiger partial charge in [-0.15, -0.1) is 0 Å². The number of halogens is 1. The summed E-state index contributed by atoms with van der Waals surface area (Å²) in [6.07, 6.45) is 5.32. The highest BCUT2D eigenvalue weighted by molar-refractivity contribution is 7.92. The molecule has 1 saturated carbocycles. The lowest BCUT2D eigenvalue weighted by atomic mass is 9.95. The van der Waals surface area contributed by atoms with Gasteiger partial charge in [0.15, 0.2) is 0 Å². The first kappa shape index (κ1) is 31.0. The van der Waals surface area contributed by atoms with Gasteiger partial charge in [0.25, 0.3) is 10.0 Å². The first-order chi connectivity index (χ1) is 20.2. The number of hydrogen-bond donors (Lipinski definition) is 1. The monoisotopic (exact) mass is 595 g/mol. The zero-order valence-electron chi connectivity index (χ0n) is 24.0. The Morgan fingerprint density at radius 2 is 1.67 bits per heavy atom. The van der Waals surface area contributed by atoms with Crippen LogP contribution in [0.3, 0.4) is 0 Å². The van der Waals surface area contributed by atoms with Crippen molar-refractivity contribution in [2.24, 2.45) is 0 Å². The van der Waals surface area contributed by atoms with Crippen molar-refractivity contribution >= 4 is 27.5 Å². The number of benzene rings is 3. The number of nitrogens with zero attached hydrogens (tertiary/aromatic N) is 2. The maximum atomic E-state index is 14.2. The van der Waals surface area contributed by atoms with Crippen molar-refractivity contribution in [3.63, 3.8) is 0 Å². The number of carbonyl (C=O) groups is 2. The molecule has 0 aromatic heterocycles. The second-order valence-corrected chi connectivity index (χ2v) is 12.3. The Morgan fingerprint density at radius 3 is 2.31 bits per heavy atom. The van der Waals surface area contributed by atoms with E-state index in [1.54, 1.807) is 43.5 Å². The van der Waals surface area contributed by atoms with Gasteiger partial charge in [0.2, 0.25) is 11.8 Å². The highest BCUT2D eigenvalue weighted by atomic mass is 32.2. The van der Waals surface area contributed by atoms with Gasteiger partial charge < -0.3 is 15.0 Å². The normalized spacial score (nSPS) is 14.5. The van der Waals surface area contributed by atoms with Gasteiger partial charge in [-0.05, 0) is 73.4 Å². The van der Waals surface area contributed by atoms with Crippen molar-refractivity contribution in [1.29, 1.82) is 0 Å². The molecule has 1 N–H and O–H groups in total. The van der Waals surface area contributed by atoms with E-state index in [-0.39, 0.29) is 29.1 Å². The number of hydrogen-bond acceptors (Lipinski definition) is 5. The predicted molar refractivity (Wildman–Crippen MR) is 160 cm³/mol. The summed E-state index contributed by atoms with van der Waals surface area (Å²) in [6, 6.07) is 19.1. The third-order valence-electron chi connectivity index (χ3n) is 7.55. The van der Waals surface area contributed by atoms with Crippen LogP contribution in [0, 0.1) is 5.82 Å². The number of amides is 2. The molecule has 0 heterocycles. The number of nitrogens with one attached hydrogen (secondary N) is 1. The summed E-state index contributed by atoms with van der Waals surface area (Å²) >= 11 is 0. The molecule has 3 aromatic carbocycles. The number of carbonyl (C=O) groups excluding carboxylic acids is 2. The number of rotatable bonds is 12. The number of ether oxygens (including phenoxy) is 1. The minimum atomic E-state index is -4.21. The number of sulfonamides is 1. The van der Waals surface area contributed by atoms with E-state index >= 15 is 0 Å². The summed E-state index contributed by atoms with van der Waals surface area (Å²) in [6.45, 7) is 1.31. The van der Waals surface area contributed by atoms with Gasteiger partial charge in [-0.25, -0.2) is 12.8 Å². The zero-order valence-corrected chi connectivity index (χ0v) is 24.9. The van der Waals surface area contributed by atoms with Crippen LogP contribution < -0.4 is 14.4 Å². The fourth-order valence-electron chi connectivity index (χ4n) is 5.29. The molecule has 8 nitrogen and oxygen atoms in total. The fourth-order valence-corrected chi connectivity index (χ4v) is 6.72. The van der Waals surface area contributed by atoms with Gasteiger partial charge in [-0.1, -0.05) is 56.5 Å². The van der Waals surface area contributed by atoms with Crippen molar-refractivity contribution < 1.29 is 27.1 Å². The van der Waals surface area contributed by atoms with E-state index in [0.717, 1.165) is 54.1 Å². The first-order valence-corrected chi connectivity index (χ1v) is 15.7. The van der Waals surface area contributed by atoms with Gasteiger partial charge in [0.1, 0.15) is 24.2 Å². The lowest BCUT2D eigenvalue weighted by Gasteiger charge is -2.34. The molecule has 0 spiro atoms. The van der Waals surface area contributed by atoms with E-state index < -0.39 is 34.3 Å². The Kier molecular flexibility index (Phi) is 10.6. The SMILES string of the molecule is CC[C@H](C(=O)NC1CCCCC1)N(Cc1cccc(OC)c1)C(=O)CN(c1ccc(F)cc1)S(=O)(=O)c1ccccc1. The molecule has 2 amide bonds. The van der Waals surface area contributed by atoms with Crippen molar-refractivity contribution in [1.82, 2.24) is 10.2 Å². The highest BCUT2D eigenvalue weighted by Crippen LogP contribution is 2.26. The van der Waals surface area contributed by atoms with Crippen LogP contribution in [0.4, 0.5) is 10.1 Å². The molecule has 3 aromatic rings. The summed E-state index contributed by atoms with van der Waals surface area (Å²) in [4.78, 5) is 29.2. The second kappa shape index (κ2) is 14.3. The molecule has 1 atom stereocenters. The molecular formula is C32H38FN3O5S. The van der Waals surface area contributed by atoms with Crippen LogP contribution in [0.2, 0.25) is 0 Å². The Morgan fingerprint density at radius 1 is 0.976 bits per heavy atom. The summed E-state index contributed by atoms with van der Waals surface area (Å²) in [5.74, 6) is -0.765. The molecular weight excluding hydrogens is 557 g/mol. The van der Waals surface area contributed by atoms with E-state index in [0.29, 0.717) is 12.2 Å². The van der Waals surface area contributed by atoms with E-state index in [9.17, 15) is 22.4 Å². The molecule has 1 aliphatic rings. The molecule has 10 heteroatoms. The highest BCUT2D eigenvalue weighted by Gasteiger charge is 2.34. The molecule has 0 saturated heterocycles. The van der Waals surface area contributed by atoms with Crippen molar-refractivity contribution in [3.05, 3.63) is 90.2 Å². The van der Waals surface area contributed by atoms with Crippen LogP contribution in [-0.2, 0) is 26.2 Å². The summed E-state index contributed by atoms with van der Waals surface area (Å²) in [7, 11) is -2.67. The maximum Gasteiger partial charge on any atom is 0.264 e. The topological polar surface area (TPSA) is 96.0 Å². The van der Waals surface area contributed by atoms with Crippen LogP contribution in [0.1, 0.15) is 51.0 Å². The third kappa shape index (κ3) is 7.67. The maximum absolute atomic E-state index is 14.2. The van der Waals surface area contributed by atoms with Gasteiger partial charge in [0, 0.05) is 12.6 Å². The van der Waals surface area contributed by atoms with Crippen molar-refractivity contribution in [2.75, 3.05) is 18.0 Å². The fraction of sp³-hybridized carbons (Fsp3) is 0.375. The summed E-state index contributed by atoms with van der Waals surface area (Å²) in [5, 5.41) is 3.13. The molecule has 224 valence electrons. The Hall–Kier alpha value is -3.92. The quantitative estimate of drug-likeness (QED) is 0.307. The minimum absolute atomic E-state index is 0.0106. The molecule has 0 aliphatic heterocycles. The largest absolute Gasteiger partial charge is 0.497 e. The Balaban J connectivity index is 1.70. The average molecular weight is 596 g/mol. The van der Waals surface area contributed by atoms with E-state index in [2.05, 4.69) is 5.32 Å². The Bertz CT molecular complexity index is 1440. The smallest absolute Gasteiger partial charge is 0.264 e. The first-order valence-electron chi connectivity index (χ1n) is 14.3. The second-order valence-electron chi connectivity index (χ2n) is 10.4. The lowest BCUT2D eigenvalue weighted by Crippen LogP contribution is -2.54. The van der Waals surface area contributed by atoms with E-state index in [1.165, 1.54) is 29.2 Å². The molecule has 0 radical (unpaired) electrons. The molecule has 0 bridgehead atoms. The van der Waals surface area contributed by atoms with E-state index in [1.807, 2.05) is 13.0 Å². The molecule has 4 rings (SSSR count). The van der Waals surface area contributed by atoms with Gasteiger partial charge in [-0.3, -0.25) is 13.9 Å².